The molecule has 0 amide bonds. The van der Waals surface area contributed by atoms with Crippen molar-refractivity contribution in [3.05, 3.63) is 31.9 Å². The van der Waals surface area contributed by atoms with Crippen molar-refractivity contribution in [3.63, 3.8) is 0 Å². The fourth-order valence-corrected chi connectivity index (χ4v) is 3.05. The minimum Gasteiger partial charge on any atom is -0.366 e. The molecule has 1 heterocycles. The van der Waals surface area contributed by atoms with Gasteiger partial charge in [-0.25, -0.2) is 0 Å². The van der Waals surface area contributed by atoms with E-state index in [1.54, 1.807) is 6.07 Å². The van der Waals surface area contributed by atoms with Gasteiger partial charge in [-0.15, -0.1) is 0 Å². The molecule has 104 valence electrons. The maximum atomic E-state index is 11.1. The molecule has 1 unspecified atom stereocenters. The molecule has 1 aromatic carbocycles. The van der Waals surface area contributed by atoms with Crippen LogP contribution in [0.5, 0.6) is 0 Å². The molecule has 2 rings (SSSR count). The Bertz CT molecular complexity index is 471. The van der Waals surface area contributed by atoms with Gasteiger partial charge in [0.15, 0.2) is 0 Å². The van der Waals surface area contributed by atoms with Gasteiger partial charge in [0.1, 0.15) is 5.69 Å². The minimum absolute atomic E-state index is 0.200. The van der Waals surface area contributed by atoms with Crippen LogP contribution >= 0.6 is 22.6 Å². The smallest absolute Gasteiger partial charge is 0.293 e. The van der Waals surface area contributed by atoms with Gasteiger partial charge in [0.25, 0.3) is 5.69 Å². The number of nitro benzene ring substituents is 1. The van der Waals surface area contributed by atoms with Crippen LogP contribution in [0.15, 0.2) is 18.2 Å². The van der Waals surface area contributed by atoms with Gasteiger partial charge >= 0.3 is 0 Å². The predicted octanol–water partition coefficient (Wildman–Crippen LogP) is 2.76. The molecule has 1 aliphatic heterocycles. The summed E-state index contributed by atoms with van der Waals surface area (Å²) in [6, 6.07) is 5.61. The number of benzene rings is 1. The van der Waals surface area contributed by atoms with E-state index in [1.807, 2.05) is 19.1 Å². The van der Waals surface area contributed by atoms with Crippen molar-refractivity contribution < 1.29 is 4.92 Å². The molecule has 0 spiro atoms. The zero-order valence-corrected chi connectivity index (χ0v) is 13.0. The Morgan fingerprint density at radius 1 is 1.47 bits per heavy atom. The second-order valence-corrected chi connectivity index (χ2v) is 6.32. The lowest BCUT2D eigenvalue weighted by Crippen LogP contribution is -2.39. The van der Waals surface area contributed by atoms with Gasteiger partial charge in [-0.3, -0.25) is 10.1 Å². The Kier molecular flexibility index (Phi) is 4.62. The SMILES string of the molecule is CC(N)C1CCN(c2ccc(I)cc2[N+](=O)[O-])CC1. The number of piperidine rings is 1. The Morgan fingerprint density at radius 3 is 2.63 bits per heavy atom. The van der Waals surface area contributed by atoms with Crippen molar-refractivity contribution in [2.45, 2.75) is 25.8 Å². The lowest BCUT2D eigenvalue weighted by Gasteiger charge is -2.34. The van der Waals surface area contributed by atoms with E-state index in [-0.39, 0.29) is 16.7 Å². The molecule has 19 heavy (non-hydrogen) atoms. The first-order valence-electron chi connectivity index (χ1n) is 6.43. The highest BCUT2D eigenvalue weighted by Crippen LogP contribution is 2.33. The summed E-state index contributed by atoms with van der Waals surface area (Å²) in [6.45, 7) is 3.72. The molecule has 5 nitrogen and oxygen atoms in total. The number of nitro groups is 1. The van der Waals surface area contributed by atoms with Crippen LogP contribution in [-0.4, -0.2) is 24.1 Å². The van der Waals surface area contributed by atoms with Crippen molar-refractivity contribution in [1.82, 2.24) is 0 Å². The number of rotatable bonds is 3. The third-order valence-electron chi connectivity index (χ3n) is 3.76. The first-order chi connectivity index (χ1) is 8.99. The standard InChI is InChI=1S/C13H18IN3O2/c1-9(15)10-4-6-16(7-5-10)12-3-2-11(14)8-13(12)17(18)19/h2-3,8-10H,4-7,15H2,1H3. The topological polar surface area (TPSA) is 72.4 Å². The summed E-state index contributed by atoms with van der Waals surface area (Å²) in [5, 5.41) is 11.1. The van der Waals surface area contributed by atoms with Crippen LogP contribution < -0.4 is 10.6 Å². The van der Waals surface area contributed by atoms with Crippen molar-refractivity contribution in [3.8, 4) is 0 Å². The zero-order chi connectivity index (χ0) is 14.0. The Balaban J connectivity index is 2.17. The highest BCUT2D eigenvalue weighted by Gasteiger charge is 2.26. The average Bonchev–Trinajstić information content (AvgIpc) is 2.38. The van der Waals surface area contributed by atoms with Crippen LogP contribution in [-0.2, 0) is 0 Å². The molecular formula is C13H18IN3O2. The van der Waals surface area contributed by atoms with E-state index >= 15 is 0 Å². The summed E-state index contributed by atoms with van der Waals surface area (Å²) >= 11 is 2.10. The Hall–Kier alpha value is -0.890. The normalized spacial score (nSPS) is 18.4. The fourth-order valence-electron chi connectivity index (χ4n) is 2.58. The molecule has 0 saturated carbocycles. The summed E-state index contributed by atoms with van der Waals surface area (Å²) in [5.74, 6) is 0.527. The van der Waals surface area contributed by atoms with Crippen LogP contribution in [0, 0.1) is 19.6 Å². The molecule has 1 aliphatic rings. The summed E-state index contributed by atoms with van der Waals surface area (Å²) in [6.07, 6.45) is 2.00. The van der Waals surface area contributed by atoms with E-state index in [2.05, 4.69) is 27.5 Å². The largest absolute Gasteiger partial charge is 0.366 e. The second kappa shape index (κ2) is 6.04. The number of hydrogen-bond donors (Lipinski definition) is 1. The van der Waals surface area contributed by atoms with Crippen LogP contribution in [0.2, 0.25) is 0 Å². The van der Waals surface area contributed by atoms with Gasteiger partial charge in [-0.2, -0.15) is 0 Å². The summed E-state index contributed by atoms with van der Waals surface area (Å²) in [7, 11) is 0. The fraction of sp³-hybridized carbons (Fsp3) is 0.538. The number of halogens is 1. The molecule has 1 atom stereocenters. The molecule has 1 aromatic rings. The Labute approximate surface area is 126 Å². The van der Waals surface area contributed by atoms with E-state index in [1.165, 1.54) is 0 Å². The van der Waals surface area contributed by atoms with Gasteiger partial charge < -0.3 is 10.6 Å². The molecule has 2 N–H and O–H groups in total. The first kappa shape index (κ1) is 14.5. The van der Waals surface area contributed by atoms with Gasteiger partial charge in [-0.05, 0) is 60.4 Å². The minimum atomic E-state index is -0.296. The second-order valence-electron chi connectivity index (χ2n) is 5.07. The number of nitrogens with two attached hydrogens (primary N) is 1. The van der Waals surface area contributed by atoms with Crippen LogP contribution in [0.25, 0.3) is 0 Å². The van der Waals surface area contributed by atoms with E-state index in [0.717, 1.165) is 35.2 Å². The lowest BCUT2D eigenvalue weighted by molar-refractivity contribution is -0.384. The third-order valence-corrected chi connectivity index (χ3v) is 4.43. The van der Waals surface area contributed by atoms with Crippen LogP contribution in [0.1, 0.15) is 19.8 Å². The summed E-state index contributed by atoms with van der Waals surface area (Å²) < 4.78 is 0.888. The monoisotopic (exact) mass is 375 g/mol. The zero-order valence-electron chi connectivity index (χ0n) is 10.9. The van der Waals surface area contributed by atoms with Gasteiger partial charge in [0.2, 0.25) is 0 Å². The van der Waals surface area contributed by atoms with Gasteiger partial charge in [0, 0.05) is 28.8 Å². The predicted molar refractivity (Wildman–Crippen MR) is 84.4 cm³/mol. The molecule has 0 radical (unpaired) electrons. The van der Waals surface area contributed by atoms with E-state index in [0.29, 0.717) is 5.92 Å². The highest BCUT2D eigenvalue weighted by molar-refractivity contribution is 14.1. The molecule has 0 aromatic heterocycles. The Morgan fingerprint density at radius 2 is 2.11 bits per heavy atom. The maximum absolute atomic E-state index is 11.1. The molecule has 0 aliphatic carbocycles. The first-order valence-corrected chi connectivity index (χ1v) is 7.51. The quantitative estimate of drug-likeness (QED) is 0.501. The van der Waals surface area contributed by atoms with E-state index < -0.39 is 0 Å². The van der Waals surface area contributed by atoms with Gasteiger partial charge in [0.05, 0.1) is 4.92 Å². The highest BCUT2D eigenvalue weighted by atomic mass is 127. The molecule has 6 heteroatoms. The van der Waals surface area contributed by atoms with E-state index in [4.69, 9.17) is 5.73 Å². The summed E-state index contributed by atoms with van der Waals surface area (Å²) in [4.78, 5) is 13.0. The molecular weight excluding hydrogens is 357 g/mol. The van der Waals surface area contributed by atoms with Gasteiger partial charge in [-0.1, -0.05) is 0 Å². The third kappa shape index (κ3) is 3.36. The lowest BCUT2D eigenvalue weighted by atomic mass is 9.90. The van der Waals surface area contributed by atoms with Crippen molar-refractivity contribution in [1.29, 1.82) is 0 Å². The molecule has 1 saturated heterocycles. The van der Waals surface area contributed by atoms with E-state index in [9.17, 15) is 10.1 Å². The van der Waals surface area contributed by atoms with Crippen molar-refractivity contribution >= 4 is 34.0 Å². The van der Waals surface area contributed by atoms with Crippen molar-refractivity contribution in [2.75, 3.05) is 18.0 Å². The number of hydrogen-bond acceptors (Lipinski definition) is 4. The number of nitrogens with zero attached hydrogens (tertiary/aromatic N) is 2. The molecule has 1 fully saturated rings. The maximum Gasteiger partial charge on any atom is 0.293 e. The number of anilines is 1. The summed E-state index contributed by atoms with van der Waals surface area (Å²) in [5.41, 5.74) is 6.85. The average molecular weight is 375 g/mol. The van der Waals surface area contributed by atoms with Crippen molar-refractivity contribution in [2.24, 2.45) is 11.7 Å². The van der Waals surface area contributed by atoms with Crippen LogP contribution in [0.4, 0.5) is 11.4 Å². The molecule has 0 bridgehead atoms. The van der Waals surface area contributed by atoms with Crippen LogP contribution in [0.3, 0.4) is 0 Å².